The molecule has 0 atom stereocenters. The van der Waals surface area contributed by atoms with Gasteiger partial charge in [0, 0.05) is 21.6 Å². The van der Waals surface area contributed by atoms with Crippen LogP contribution in [0.1, 0.15) is 11.1 Å². The zero-order chi connectivity index (χ0) is 15.2. The highest BCUT2D eigenvalue weighted by Crippen LogP contribution is 2.30. The lowest BCUT2D eigenvalue weighted by atomic mass is 10.2. The van der Waals surface area contributed by atoms with Crippen molar-refractivity contribution in [3.63, 3.8) is 0 Å². The number of ether oxygens (including phenoxy) is 1. The van der Waals surface area contributed by atoms with Gasteiger partial charge in [0.1, 0.15) is 12.4 Å². The van der Waals surface area contributed by atoms with Crippen molar-refractivity contribution in [2.45, 2.75) is 13.5 Å². The zero-order valence-electron chi connectivity index (χ0n) is 11.6. The van der Waals surface area contributed by atoms with E-state index in [-0.39, 0.29) is 6.61 Å². The molecule has 0 unspecified atom stereocenters. The van der Waals surface area contributed by atoms with E-state index in [2.05, 4.69) is 27.2 Å². The van der Waals surface area contributed by atoms with Gasteiger partial charge in [0.15, 0.2) is 0 Å². The third kappa shape index (κ3) is 4.17. The number of para-hydroxylation sites is 1. The summed E-state index contributed by atoms with van der Waals surface area (Å²) < 4.78 is 6.51. The largest absolute Gasteiger partial charge is 0.481 e. The van der Waals surface area contributed by atoms with E-state index in [0.29, 0.717) is 6.54 Å². The van der Waals surface area contributed by atoms with Crippen LogP contribution in [0.15, 0.2) is 40.9 Å². The smallest absolute Gasteiger partial charge is 0.148 e. The Labute approximate surface area is 138 Å². The predicted octanol–water partition coefficient (Wildman–Crippen LogP) is 5.04. The molecule has 21 heavy (non-hydrogen) atoms. The molecule has 4 heteroatoms. The number of rotatable bonds is 5. The van der Waals surface area contributed by atoms with Gasteiger partial charge in [-0.15, -0.1) is 6.42 Å². The molecule has 2 aromatic rings. The van der Waals surface area contributed by atoms with Crippen molar-refractivity contribution in [3.8, 4) is 18.1 Å². The zero-order valence-corrected chi connectivity index (χ0v) is 14.0. The summed E-state index contributed by atoms with van der Waals surface area (Å²) in [6.45, 7) is 2.86. The summed E-state index contributed by atoms with van der Waals surface area (Å²) in [7, 11) is 0. The van der Waals surface area contributed by atoms with Crippen LogP contribution in [0.25, 0.3) is 0 Å². The Balaban J connectivity index is 2.13. The molecule has 0 saturated carbocycles. The molecule has 0 aromatic heterocycles. The van der Waals surface area contributed by atoms with Gasteiger partial charge >= 0.3 is 0 Å². The van der Waals surface area contributed by atoms with Crippen molar-refractivity contribution < 1.29 is 4.74 Å². The van der Waals surface area contributed by atoms with Gasteiger partial charge in [-0.3, -0.25) is 0 Å². The molecule has 2 aromatic carbocycles. The summed E-state index contributed by atoms with van der Waals surface area (Å²) in [6, 6.07) is 11.7. The Bertz CT molecular complexity index is 679. The predicted molar refractivity (Wildman–Crippen MR) is 92.0 cm³/mol. The standard InChI is InChI=1S/C17H15BrClNO/c1-3-8-21-17-7-5-4-6-13(17)11-20-16-10-15(19)12(2)9-14(16)18/h1,4-7,9-10,20H,8,11H2,2H3. The van der Waals surface area contributed by atoms with Crippen LogP contribution in [0.4, 0.5) is 5.69 Å². The highest BCUT2D eigenvalue weighted by Gasteiger charge is 2.06. The molecule has 2 rings (SSSR count). The molecule has 108 valence electrons. The topological polar surface area (TPSA) is 21.3 Å². The van der Waals surface area contributed by atoms with Gasteiger partial charge in [-0.25, -0.2) is 0 Å². The van der Waals surface area contributed by atoms with E-state index in [1.54, 1.807) is 0 Å². The van der Waals surface area contributed by atoms with E-state index in [1.165, 1.54) is 0 Å². The molecule has 0 spiro atoms. The second-order valence-electron chi connectivity index (χ2n) is 4.54. The SMILES string of the molecule is C#CCOc1ccccc1CNc1cc(Cl)c(C)cc1Br. The average molecular weight is 365 g/mol. The molecule has 1 N–H and O–H groups in total. The van der Waals surface area contributed by atoms with Gasteiger partial charge in [0.2, 0.25) is 0 Å². The highest BCUT2D eigenvalue weighted by atomic mass is 79.9. The van der Waals surface area contributed by atoms with Crippen molar-refractivity contribution in [1.82, 2.24) is 0 Å². The Morgan fingerprint density at radius 1 is 1.33 bits per heavy atom. The molecular weight excluding hydrogens is 350 g/mol. The van der Waals surface area contributed by atoms with Gasteiger partial charge in [0.25, 0.3) is 0 Å². The maximum atomic E-state index is 6.16. The van der Waals surface area contributed by atoms with E-state index in [9.17, 15) is 0 Å². The van der Waals surface area contributed by atoms with Crippen LogP contribution in [0.3, 0.4) is 0 Å². The minimum absolute atomic E-state index is 0.261. The third-order valence-electron chi connectivity index (χ3n) is 3.00. The van der Waals surface area contributed by atoms with E-state index >= 15 is 0 Å². The Morgan fingerprint density at radius 2 is 2.10 bits per heavy atom. The molecule has 0 aliphatic carbocycles. The Hall–Kier alpha value is -1.63. The normalized spacial score (nSPS) is 10.0. The van der Waals surface area contributed by atoms with Gasteiger partial charge in [-0.2, -0.15) is 0 Å². The van der Waals surface area contributed by atoms with E-state index < -0.39 is 0 Å². The summed E-state index contributed by atoms with van der Waals surface area (Å²) in [5, 5.41) is 4.08. The van der Waals surface area contributed by atoms with Crippen LogP contribution in [0.5, 0.6) is 5.75 Å². The molecule has 2 nitrogen and oxygen atoms in total. The Kier molecular flexibility index (Phi) is 5.55. The fourth-order valence-electron chi connectivity index (χ4n) is 1.88. The lowest BCUT2D eigenvalue weighted by molar-refractivity contribution is 0.366. The number of anilines is 1. The lowest BCUT2D eigenvalue weighted by Gasteiger charge is -2.13. The van der Waals surface area contributed by atoms with Crippen LogP contribution >= 0.6 is 27.5 Å². The first kappa shape index (κ1) is 15.8. The van der Waals surface area contributed by atoms with Crippen molar-refractivity contribution in [1.29, 1.82) is 0 Å². The molecule has 0 aliphatic heterocycles. The fourth-order valence-corrected chi connectivity index (χ4v) is 2.64. The second kappa shape index (κ2) is 7.40. The third-order valence-corrected chi connectivity index (χ3v) is 4.06. The number of aryl methyl sites for hydroxylation is 1. The summed E-state index contributed by atoms with van der Waals surface area (Å²) in [5.74, 6) is 3.26. The Morgan fingerprint density at radius 3 is 2.86 bits per heavy atom. The van der Waals surface area contributed by atoms with Gasteiger partial charge in [0.05, 0.1) is 5.69 Å². The van der Waals surface area contributed by atoms with Gasteiger partial charge < -0.3 is 10.1 Å². The minimum Gasteiger partial charge on any atom is -0.481 e. The van der Waals surface area contributed by atoms with E-state index in [0.717, 1.165) is 32.1 Å². The first-order valence-corrected chi connectivity index (χ1v) is 7.62. The summed E-state index contributed by atoms with van der Waals surface area (Å²) in [5.41, 5.74) is 3.01. The first-order valence-electron chi connectivity index (χ1n) is 6.45. The number of benzene rings is 2. The van der Waals surface area contributed by atoms with Crippen molar-refractivity contribution >= 4 is 33.2 Å². The van der Waals surface area contributed by atoms with E-state index in [1.807, 2.05) is 43.3 Å². The van der Waals surface area contributed by atoms with E-state index in [4.69, 9.17) is 22.8 Å². The number of hydrogen-bond donors (Lipinski definition) is 1. The molecule has 0 bridgehead atoms. The molecule has 0 radical (unpaired) electrons. The van der Waals surface area contributed by atoms with Crippen molar-refractivity contribution in [3.05, 3.63) is 57.0 Å². The van der Waals surface area contributed by atoms with Crippen LogP contribution in [-0.2, 0) is 6.54 Å². The van der Waals surface area contributed by atoms with Crippen molar-refractivity contribution in [2.75, 3.05) is 11.9 Å². The molecule has 0 aliphatic rings. The van der Waals surface area contributed by atoms with Crippen molar-refractivity contribution in [2.24, 2.45) is 0 Å². The average Bonchev–Trinajstić information content (AvgIpc) is 2.48. The van der Waals surface area contributed by atoms with Crippen LogP contribution < -0.4 is 10.1 Å². The summed E-state index contributed by atoms with van der Waals surface area (Å²) in [6.07, 6.45) is 5.23. The monoisotopic (exact) mass is 363 g/mol. The minimum atomic E-state index is 0.261. The molecule has 0 amide bonds. The first-order chi connectivity index (χ1) is 10.1. The van der Waals surface area contributed by atoms with Gasteiger partial charge in [-0.05, 0) is 46.6 Å². The lowest BCUT2D eigenvalue weighted by Crippen LogP contribution is -2.04. The van der Waals surface area contributed by atoms with Crippen LogP contribution in [-0.4, -0.2) is 6.61 Å². The quantitative estimate of drug-likeness (QED) is 0.751. The highest BCUT2D eigenvalue weighted by molar-refractivity contribution is 9.10. The molecule has 0 saturated heterocycles. The number of hydrogen-bond acceptors (Lipinski definition) is 2. The maximum Gasteiger partial charge on any atom is 0.148 e. The van der Waals surface area contributed by atoms with Crippen LogP contribution in [0.2, 0.25) is 5.02 Å². The van der Waals surface area contributed by atoms with Gasteiger partial charge in [-0.1, -0.05) is 35.7 Å². The maximum absolute atomic E-state index is 6.16. The molecule has 0 fully saturated rings. The number of terminal acetylenes is 1. The number of halogens is 2. The summed E-state index contributed by atoms with van der Waals surface area (Å²) in [4.78, 5) is 0. The molecular formula is C17H15BrClNO. The number of nitrogens with one attached hydrogen (secondary N) is 1. The van der Waals surface area contributed by atoms with Crippen LogP contribution in [0, 0.1) is 19.3 Å². The fraction of sp³-hybridized carbons (Fsp3) is 0.176. The second-order valence-corrected chi connectivity index (χ2v) is 5.80. The summed E-state index contributed by atoms with van der Waals surface area (Å²) >= 11 is 9.70. The molecule has 0 heterocycles.